The van der Waals surface area contributed by atoms with E-state index in [-0.39, 0.29) is 30.0 Å². The SMILES string of the molecule is COC(=O)c1cc(C(=O)NCCOc2cccc(Cl)c2)cc([N+](=O)[O-])c1. The number of carbonyl (C=O) groups is 2. The minimum absolute atomic E-state index is 0.0256. The molecule has 0 radical (unpaired) electrons. The normalized spacial score (nSPS) is 10.1. The van der Waals surface area contributed by atoms with Crippen molar-refractivity contribution < 1.29 is 24.0 Å². The van der Waals surface area contributed by atoms with Crippen LogP contribution in [-0.4, -0.2) is 37.1 Å². The number of hydrogen-bond donors (Lipinski definition) is 1. The van der Waals surface area contributed by atoms with E-state index in [9.17, 15) is 19.7 Å². The van der Waals surface area contributed by atoms with Crippen LogP contribution in [0.15, 0.2) is 42.5 Å². The number of halogens is 1. The highest BCUT2D eigenvalue weighted by Crippen LogP contribution is 2.18. The molecule has 0 aromatic heterocycles. The molecule has 0 aliphatic rings. The van der Waals surface area contributed by atoms with Crippen LogP contribution in [0.5, 0.6) is 5.75 Å². The van der Waals surface area contributed by atoms with E-state index in [1.165, 1.54) is 6.07 Å². The lowest BCUT2D eigenvalue weighted by Gasteiger charge is -2.09. The molecule has 0 saturated carbocycles. The van der Waals surface area contributed by atoms with E-state index in [0.717, 1.165) is 19.2 Å². The average Bonchev–Trinajstić information content (AvgIpc) is 2.64. The fourth-order valence-electron chi connectivity index (χ4n) is 2.08. The van der Waals surface area contributed by atoms with Gasteiger partial charge in [0.05, 0.1) is 24.1 Å². The number of ether oxygens (including phenoxy) is 2. The molecule has 9 heteroatoms. The predicted octanol–water partition coefficient (Wildman–Crippen LogP) is 2.84. The molecular weight excluding hydrogens is 364 g/mol. The lowest BCUT2D eigenvalue weighted by molar-refractivity contribution is -0.384. The maximum absolute atomic E-state index is 12.2. The number of rotatable bonds is 7. The predicted molar refractivity (Wildman–Crippen MR) is 93.7 cm³/mol. The molecule has 0 saturated heterocycles. The summed E-state index contributed by atoms with van der Waals surface area (Å²) in [6, 6.07) is 10.1. The van der Waals surface area contributed by atoms with Gasteiger partial charge in [0, 0.05) is 22.7 Å². The van der Waals surface area contributed by atoms with Crippen LogP contribution in [0, 0.1) is 10.1 Å². The Morgan fingerprint density at radius 2 is 1.92 bits per heavy atom. The Bertz CT molecular complexity index is 840. The molecule has 2 aromatic carbocycles. The molecule has 0 unspecified atom stereocenters. The quantitative estimate of drug-likeness (QED) is 0.343. The molecule has 1 amide bonds. The van der Waals surface area contributed by atoms with Crippen molar-refractivity contribution in [2.75, 3.05) is 20.3 Å². The van der Waals surface area contributed by atoms with Crippen molar-refractivity contribution in [2.45, 2.75) is 0 Å². The summed E-state index contributed by atoms with van der Waals surface area (Å²) >= 11 is 5.84. The summed E-state index contributed by atoms with van der Waals surface area (Å²) in [5.74, 6) is -0.796. The van der Waals surface area contributed by atoms with Crippen LogP contribution in [0.1, 0.15) is 20.7 Å². The third-order valence-corrected chi connectivity index (χ3v) is 3.50. The van der Waals surface area contributed by atoms with Gasteiger partial charge in [-0.1, -0.05) is 17.7 Å². The first-order chi connectivity index (χ1) is 12.4. The molecular formula is C17H15ClN2O6. The van der Waals surface area contributed by atoms with Gasteiger partial charge in [-0.2, -0.15) is 0 Å². The molecule has 8 nitrogen and oxygen atoms in total. The van der Waals surface area contributed by atoms with Crippen molar-refractivity contribution in [3.8, 4) is 5.75 Å². The second-order valence-corrected chi connectivity index (χ2v) is 5.52. The molecule has 0 aliphatic heterocycles. The average molecular weight is 379 g/mol. The number of carbonyl (C=O) groups excluding carboxylic acids is 2. The summed E-state index contributed by atoms with van der Waals surface area (Å²) in [7, 11) is 1.15. The van der Waals surface area contributed by atoms with E-state index in [2.05, 4.69) is 10.1 Å². The minimum Gasteiger partial charge on any atom is -0.492 e. The van der Waals surface area contributed by atoms with E-state index in [1.54, 1.807) is 24.3 Å². The number of nitrogens with one attached hydrogen (secondary N) is 1. The van der Waals surface area contributed by atoms with Crippen LogP contribution in [0.2, 0.25) is 5.02 Å². The summed E-state index contributed by atoms with van der Waals surface area (Å²) in [6.45, 7) is 0.326. The van der Waals surface area contributed by atoms with Gasteiger partial charge in [-0.15, -0.1) is 0 Å². The van der Waals surface area contributed by atoms with Gasteiger partial charge in [0.2, 0.25) is 0 Å². The van der Waals surface area contributed by atoms with Gasteiger partial charge in [-0.25, -0.2) is 4.79 Å². The number of amides is 1. The first-order valence-electron chi connectivity index (χ1n) is 7.45. The van der Waals surface area contributed by atoms with Crippen LogP contribution >= 0.6 is 11.6 Å². The van der Waals surface area contributed by atoms with E-state index in [0.29, 0.717) is 10.8 Å². The Labute approximate surface area is 153 Å². The second-order valence-electron chi connectivity index (χ2n) is 5.08. The lowest BCUT2D eigenvalue weighted by Crippen LogP contribution is -2.28. The third-order valence-electron chi connectivity index (χ3n) is 3.26. The van der Waals surface area contributed by atoms with Crippen LogP contribution in [0.25, 0.3) is 0 Å². The van der Waals surface area contributed by atoms with Crippen LogP contribution in [-0.2, 0) is 4.74 Å². The Morgan fingerprint density at radius 1 is 1.19 bits per heavy atom. The highest BCUT2D eigenvalue weighted by Gasteiger charge is 2.18. The number of methoxy groups -OCH3 is 1. The fraction of sp³-hybridized carbons (Fsp3) is 0.176. The smallest absolute Gasteiger partial charge is 0.338 e. The number of benzene rings is 2. The molecule has 0 spiro atoms. The molecule has 1 N–H and O–H groups in total. The maximum atomic E-state index is 12.2. The molecule has 0 heterocycles. The molecule has 2 aromatic rings. The van der Waals surface area contributed by atoms with E-state index in [4.69, 9.17) is 16.3 Å². The number of nitro groups is 1. The first-order valence-corrected chi connectivity index (χ1v) is 7.83. The summed E-state index contributed by atoms with van der Waals surface area (Å²) in [5, 5.41) is 14.1. The van der Waals surface area contributed by atoms with Gasteiger partial charge in [-0.05, 0) is 24.3 Å². The van der Waals surface area contributed by atoms with Crippen molar-refractivity contribution in [1.29, 1.82) is 0 Å². The number of hydrogen-bond acceptors (Lipinski definition) is 6. The Balaban J connectivity index is 2.00. The topological polar surface area (TPSA) is 108 Å². The van der Waals surface area contributed by atoms with Crippen LogP contribution < -0.4 is 10.1 Å². The molecule has 26 heavy (non-hydrogen) atoms. The monoisotopic (exact) mass is 378 g/mol. The van der Waals surface area contributed by atoms with E-state index >= 15 is 0 Å². The van der Waals surface area contributed by atoms with Gasteiger partial charge in [-0.3, -0.25) is 14.9 Å². The molecule has 0 atom stereocenters. The summed E-state index contributed by atoms with van der Waals surface area (Å²) in [6.07, 6.45) is 0. The molecule has 0 bridgehead atoms. The van der Waals surface area contributed by atoms with Gasteiger partial charge in [0.1, 0.15) is 12.4 Å². The molecule has 0 fully saturated rings. The minimum atomic E-state index is -0.771. The number of esters is 1. The van der Waals surface area contributed by atoms with Crippen molar-refractivity contribution in [2.24, 2.45) is 0 Å². The molecule has 136 valence electrons. The summed E-state index contributed by atoms with van der Waals surface area (Å²) in [4.78, 5) is 34.1. The Kier molecular flexibility index (Phi) is 6.51. The van der Waals surface area contributed by atoms with E-state index in [1.807, 2.05) is 0 Å². The largest absolute Gasteiger partial charge is 0.492 e. The molecule has 2 rings (SSSR count). The van der Waals surface area contributed by atoms with Crippen molar-refractivity contribution >= 4 is 29.2 Å². The highest BCUT2D eigenvalue weighted by atomic mass is 35.5. The van der Waals surface area contributed by atoms with Crippen molar-refractivity contribution in [3.63, 3.8) is 0 Å². The Hall–Kier alpha value is -3.13. The standard InChI is InChI=1S/C17H15ClN2O6/c1-25-17(22)12-7-11(8-14(9-12)20(23)24)16(21)19-5-6-26-15-4-2-3-13(18)10-15/h2-4,7-10H,5-6H2,1H3,(H,19,21). The summed E-state index contributed by atoms with van der Waals surface area (Å²) in [5.41, 5.74) is -0.488. The lowest BCUT2D eigenvalue weighted by atomic mass is 10.1. The van der Waals surface area contributed by atoms with Crippen molar-refractivity contribution in [3.05, 3.63) is 68.7 Å². The highest BCUT2D eigenvalue weighted by molar-refractivity contribution is 6.30. The zero-order valence-corrected chi connectivity index (χ0v) is 14.5. The van der Waals surface area contributed by atoms with Crippen molar-refractivity contribution in [1.82, 2.24) is 5.32 Å². The number of nitro benzene ring substituents is 1. The summed E-state index contributed by atoms with van der Waals surface area (Å²) < 4.78 is 9.97. The number of non-ortho nitro benzene ring substituents is 1. The van der Waals surface area contributed by atoms with Gasteiger partial charge in [0.25, 0.3) is 11.6 Å². The van der Waals surface area contributed by atoms with Gasteiger partial charge >= 0.3 is 5.97 Å². The maximum Gasteiger partial charge on any atom is 0.338 e. The van der Waals surface area contributed by atoms with Crippen LogP contribution in [0.4, 0.5) is 5.69 Å². The zero-order chi connectivity index (χ0) is 19.1. The molecule has 0 aliphatic carbocycles. The van der Waals surface area contributed by atoms with Gasteiger partial charge < -0.3 is 14.8 Å². The zero-order valence-electron chi connectivity index (χ0n) is 13.7. The second kappa shape index (κ2) is 8.82. The fourth-order valence-corrected chi connectivity index (χ4v) is 2.26. The first kappa shape index (κ1) is 19.2. The Morgan fingerprint density at radius 3 is 2.58 bits per heavy atom. The van der Waals surface area contributed by atoms with Gasteiger partial charge in [0.15, 0.2) is 0 Å². The number of nitrogens with zero attached hydrogens (tertiary/aromatic N) is 1. The van der Waals surface area contributed by atoms with E-state index < -0.39 is 16.8 Å². The van der Waals surface area contributed by atoms with Crippen LogP contribution in [0.3, 0.4) is 0 Å². The third kappa shape index (κ3) is 5.18.